The van der Waals surface area contributed by atoms with Crippen molar-refractivity contribution in [3.8, 4) is 0 Å². The van der Waals surface area contributed by atoms with Crippen LogP contribution in [-0.4, -0.2) is 39.6 Å². The van der Waals surface area contributed by atoms with Gasteiger partial charge in [0.1, 0.15) is 0 Å². The van der Waals surface area contributed by atoms with Crippen LogP contribution in [0.3, 0.4) is 0 Å². The molecule has 1 amide bonds. The zero-order chi connectivity index (χ0) is 16.6. The van der Waals surface area contributed by atoms with Gasteiger partial charge in [-0.25, -0.2) is 13.1 Å². The molecule has 2 unspecified atom stereocenters. The summed E-state index contributed by atoms with van der Waals surface area (Å²) in [6.45, 7) is 4.49. The fourth-order valence-corrected chi connectivity index (χ4v) is 4.46. The van der Waals surface area contributed by atoms with Crippen molar-refractivity contribution >= 4 is 21.6 Å². The largest absolute Gasteiger partial charge is 0.377 e. The summed E-state index contributed by atoms with van der Waals surface area (Å²) in [5, 5.41) is 0. The summed E-state index contributed by atoms with van der Waals surface area (Å²) in [6.07, 6.45) is 2.50. The Morgan fingerprint density at radius 1 is 1.43 bits per heavy atom. The van der Waals surface area contributed by atoms with E-state index in [1.165, 1.54) is 6.92 Å². The van der Waals surface area contributed by atoms with Crippen LogP contribution in [0.5, 0.6) is 0 Å². The maximum Gasteiger partial charge on any atom is 0.240 e. The van der Waals surface area contributed by atoms with Gasteiger partial charge in [-0.05, 0) is 49.9 Å². The van der Waals surface area contributed by atoms with Crippen molar-refractivity contribution in [1.82, 2.24) is 4.72 Å². The maximum atomic E-state index is 12.4. The lowest BCUT2D eigenvalue weighted by atomic mass is 10.1. The first-order chi connectivity index (χ1) is 10.9. The van der Waals surface area contributed by atoms with Crippen LogP contribution in [0.15, 0.2) is 23.1 Å². The van der Waals surface area contributed by atoms with Crippen molar-refractivity contribution in [1.29, 1.82) is 0 Å². The molecule has 2 heterocycles. The minimum absolute atomic E-state index is 0.0247. The molecule has 0 radical (unpaired) electrons. The number of hydrogen-bond donors (Lipinski definition) is 1. The lowest BCUT2D eigenvalue weighted by molar-refractivity contribution is -0.116. The van der Waals surface area contributed by atoms with Gasteiger partial charge in [-0.3, -0.25) is 4.79 Å². The first-order valence-corrected chi connectivity index (χ1v) is 9.41. The lowest BCUT2D eigenvalue weighted by Crippen LogP contribution is -2.33. The molecule has 23 heavy (non-hydrogen) atoms. The van der Waals surface area contributed by atoms with E-state index in [1.807, 2.05) is 6.92 Å². The summed E-state index contributed by atoms with van der Waals surface area (Å²) in [5.74, 6) is -0.0247. The van der Waals surface area contributed by atoms with Crippen LogP contribution < -0.4 is 9.62 Å². The van der Waals surface area contributed by atoms with Gasteiger partial charge in [0.2, 0.25) is 15.9 Å². The van der Waals surface area contributed by atoms with Gasteiger partial charge >= 0.3 is 0 Å². The fraction of sp³-hybridized carbons (Fsp3) is 0.562. The van der Waals surface area contributed by atoms with E-state index in [2.05, 4.69) is 4.72 Å². The monoisotopic (exact) mass is 338 g/mol. The molecule has 7 heteroatoms. The van der Waals surface area contributed by atoms with E-state index in [0.29, 0.717) is 19.6 Å². The van der Waals surface area contributed by atoms with Crippen molar-refractivity contribution in [2.24, 2.45) is 0 Å². The van der Waals surface area contributed by atoms with Gasteiger partial charge in [-0.15, -0.1) is 0 Å². The molecule has 1 fully saturated rings. The number of ether oxygens (including phenoxy) is 1. The Morgan fingerprint density at radius 2 is 2.22 bits per heavy atom. The molecule has 2 atom stereocenters. The molecule has 2 aliphatic heterocycles. The molecule has 2 aliphatic rings. The van der Waals surface area contributed by atoms with Gasteiger partial charge < -0.3 is 9.64 Å². The highest BCUT2D eigenvalue weighted by Gasteiger charge is 2.30. The SMILES string of the molecule is CC(=O)N1c2ccc(S(=O)(=O)NCC3CCCO3)cc2CC1C. The molecule has 0 aliphatic carbocycles. The van der Waals surface area contributed by atoms with E-state index >= 15 is 0 Å². The van der Waals surface area contributed by atoms with Crippen molar-refractivity contribution in [2.45, 2.75) is 50.2 Å². The van der Waals surface area contributed by atoms with Crippen LogP contribution >= 0.6 is 0 Å². The summed E-state index contributed by atoms with van der Waals surface area (Å²) in [7, 11) is -3.56. The summed E-state index contributed by atoms with van der Waals surface area (Å²) in [4.78, 5) is 13.7. The van der Waals surface area contributed by atoms with E-state index in [1.54, 1.807) is 23.1 Å². The molecular weight excluding hydrogens is 316 g/mol. The maximum absolute atomic E-state index is 12.4. The topological polar surface area (TPSA) is 75.7 Å². The van der Waals surface area contributed by atoms with Crippen LogP contribution in [0.1, 0.15) is 32.3 Å². The number of sulfonamides is 1. The van der Waals surface area contributed by atoms with Crippen LogP contribution in [0.4, 0.5) is 5.69 Å². The second-order valence-corrected chi connectivity index (χ2v) is 7.99. The highest BCUT2D eigenvalue weighted by atomic mass is 32.2. The minimum atomic E-state index is -3.56. The number of carbonyl (C=O) groups is 1. The zero-order valence-corrected chi connectivity index (χ0v) is 14.2. The van der Waals surface area contributed by atoms with Crippen LogP contribution in [0.2, 0.25) is 0 Å². The summed E-state index contributed by atoms with van der Waals surface area (Å²) < 4.78 is 32.9. The lowest BCUT2D eigenvalue weighted by Gasteiger charge is -2.20. The number of nitrogens with zero attached hydrogens (tertiary/aromatic N) is 1. The highest BCUT2D eigenvalue weighted by molar-refractivity contribution is 7.89. The average molecular weight is 338 g/mol. The van der Waals surface area contributed by atoms with Crippen molar-refractivity contribution < 1.29 is 17.9 Å². The third-order valence-corrected chi connectivity index (χ3v) is 5.86. The molecule has 1 saturated heterocycles. The van der Waals surface area contributed by atoms with Crippen LogP contribution in [0, 0.1) is 0 Å². The van der Waals surface area contributed by atoms with Gasteiger partial charge in [-0.2, -0.15) is 0 Å². The smallest absolute Gasteiger partial charge is 0.240 e. The first kappa shape index (κ1) is 16.4. The second kappa shape index (κ2) is 6.22. The van der Waals surface area contributed by atoms with Gasteiger partial charge in [0.05, 0.1) is 11.0 Å². The van der Waals surface area contributed by atoms with Gasteiger partial charge in [0.25, 0.3) is 0 Å². The van der Waals surface area contributed by atoms with Gasteiger partial charge in [0, 0.05) is 31.8 Å². The highest BCUT2D eigenvalue weighted by Crippen LogP contribution is 2.33. The molecule has 0 saturated carbocycles. The molecule has 1 aromatic rings. The van der Waals surface area contributed by atoms with E-state index in [9.17, 15) is 13.2 Å². The van der Waals surface area contributed by atoms with E-state index in [4.69, 9.17) is 4.74 Å². The van der Waals surface area contributed by atoms with E-state index in [0.717, 1.165) is 24.1 Å². The van der Waals surface area contributed by atoms with Crippen LogP contribution in [-0.2, 0) is 26.0 Å². The summed E-state index contributed by atoms with van der Waals surface area (Å²) in [5.41, 5.74) is 1.70. The number of rotatable bonds is 4. The Morgan fingerprint density at radius 3 is 2.87 bits per heavy atom. The Bertz CT molecular complexity index is 711. The molecule has 6 nitrogen and oxygen atoms in total. The Labute approximate surface area is 136 Å². The van der Waals surface area contributed by atoms with Crippen molar-refractivity contribution in [2.75, 3.05) is 18.1 Å². The number of anilines is 1. The fourth-order valence-electron chi connectivity index (χ4n) is 3.35. The number of fused-ring (bicyclic) bond motifs is 1. The standard InChI is InChI=1S/C16H22N2O4S/c1-11-8-13-9-15(5-6-16(13)18(11)12(2)19)23(20,21)17-10-14-4-3-7-22-14/h5-6,9,11,14,17H,3-4,7-8,10H2,1-2H3. The molecule has 1 N–H and O–H groups in total. The van der Waals surface area contributed by atoms with Crippen LogP contribution in [0.25, 0.3) is 0 Å². The third kappa shape index (κ3) is 3.27. The quantitative estimate of drug-likeness (QED) is 0.901. The number of hydrogen-bond acceptors (Lipinski definition) is 4. The normalized spacial score (nSPS) is 24.0. The Kier molecular flexibility index (Phi) is 4.44. The van der Waals surface area contributed by atoms with E-state index < -0.39 is 10.0 Å². The first-order valence-electron chi connectivity index (χ1n) is 7.92. The predicted octanol–water partition coefficient (Wildman–Crippen LogP) is 1.44. The zero-order valence-electron chi connectivity index (χ0n) is 13.4. The number of amides is 1. The number of benzene rings is 1. The molecule has 0 spiro atoms. The Balaban J connectivity index is 1.79. The molecule has 0 aromatic heterocycles. The molecule has 3 rings (SSSR count). The van der Waals surface area contributed by atoms with Crippen molar-refractivity contribution in [3.05, 3.63) is 23.8 Å². The molecule has 126 valence electrons. The minimum Gasteiger partial charge on any atom is -0.377 e. The Hall–Kier alpha value is -1.44. The van der Waals surface area contributed by atoms with Gasteiger partial charge in [0.15, 0.2) is 0 Å². The third-order valence-electron chi connectivity index (χ3n) is 4.44. The average Bonchev–Trinajstić information content (AvgIpc) is 3.10. The summed E-state index contributed by atoms with van der Waals surface area (Å²) in [6, 6.07) is 5.01. The molecule has 1 aromatic carbocycles. The number of nitrogens with one attached hydrogen (secondary N) is 1. The van der Waals surface area contributed by atoms with Crippen molar-refractivity contribution in [3.63, 3.8) is 0 Å². The predicted molar refractivity (Wildman–Crippen MR) is 86.9 cm³/mol. The molecule has 0 bridgehead atoms. The van der Waals surface area contributed by atoms with Gasteiger partial charge in [-0.1, -0.05) is 0 Å². The number of carbonyl (C=O) groups excluding carboxylic acids is 1. The second-order valence-electron chi connectivity index (χ2n) is 6.22. The summed E-state index contributed by atoms with van der Waals surface area (Å²) >= 11 is 0. The van der Waals surface area contributed by atoms with E-state index in [-0.39, 0.29) is 22.9 Å². The molecular formula is C16H22N2O4S.